The Balaban J connectivity index is 2.07. The van der Waals surface area contributed by atoms with E-state index in [-0.39, 0.29) is 30.0 Å². The number of nitrogens with zero attached hydrogens (tertiary/aromatic N) is 2. The topological polar surface area (TPSA) is 63.5 Å². The second-order valence-corrected chi connectivity index (χ2v) is 5.22. The predicted octanol–water partition coefficient (Wildman–Crippen LogP) is 2.25. The van der Waals surface area contributed by atoms with E-state index in [4.69, 9.17) is 1.37 Å². The first-order valence-corrected chi connectivity index (χ1v) is 6.44. The fourth-order valence-electron chi connectivity index (χ4n) is 3.20. The number of non-ortho nitro benzene ring substituents is 1. The normalized spacial score (nSPS) is 30.4. The largest absolute Gasteiger partial charge is 0.342 e. The molecule has 0 saturated carbocycles. The second-order valence-electron chi connectivity index (χ2n) is 5.22. The standard InChI is InChI=1S/C14H16N2O3/c1-15-13-6-3-9-2-4-10(16(18)19)8-12(9)11(13)5-7-14(15)17/h2,4,8,11,13H,3,5-7H2,1H3/i5D. The number of rotatable bonds is 1. The fraction of sp³-hybridized carbons (Fsp3) is 0.500. The van der Waals surface area contributed by atoms with Crippen molar-refractivity contribution in [2.45, 2.75) is 37.6 Å². The van der Waals surface area contributed by atoms with Gasteiger partial charge in [0, 0.05) is 38.9 Å². The summed E-state index contributed by atoms with van der Waals surface area (Å²) in [4.78, 5) is 24.1. The average molecular weight is 261 g/mol. The Morgan fingerprint density at radius 2 is 2.26 bits per heavy atom. The van der Waals surface area contributed by atoms with Crippen LogP contribution in [0.4, 0.5) is 5.69 Å². The Morgan fingerprint density at radius 3 is 3.00 bits per heavy atom. The van der Waals surface area contributed by atoms with E-state index in [2.05, 4.69) is 0 Å². The molecule has 1 saturated heterocycles. The monoisotopic (exact) mass is 261 g/mol. The van der Waals surface area contributed by atoms with Crippen LogP contribution in [0.3, 0.4) is 0 Å². The van der Waals surface area contributed by atoms with Gasteiger partial charge in [0.15, 0.2) is 0 Å². The van der Waals surface area contributed by atoms with Crippen molar-refractivity contribution < 1.29 is 11.1 Å². The number of piperidine rings is 1. The van der Waals surface area contributed by atoms with Crippen molar-refractivity contribution in [3.63, 3.8) is 0 Å². The van der Waals surface area contributed by atoms with Crippen LogP contribution < -0.4 is 0 Å². The minimum absolute atomic E-state index is 0.000121. The molecule has 0 N–H and O–H groups in total. The van der Waals surface area contributed by atoms with Gasteiger partial charge in [0.1, 0.15) is 0 Å². The Bertz CT molecular complexity index is 590. The van der Waals surface area contributed by atoms with Gasteiger partial charge in [-0.3, -0.25) is 14.9 Å². The molecule has 3 unspecified atom stereocenters. The highest BCUT2D eigenvalue weighted by Crippen LogP contribution is 2.41. The van der Waals surface area contributed by atoms with Gasteiger partial charge in [-0.25, -0.2) is 0 Å². The van der Waals surface area contributed by atoms with Crippen molar-refractivity contribution in [1.29, 1.82) is 0 Å². The van der Waals surface area contributed by atoms with Gasteiger partial charge in [-0.15, -0.1) is 0 Å². The first-order valence-electron chi connectivity index (χ1n) is 7.02. The molecule has 0 bridgehead atoms. The number of fused-ring (bicyclic) bond motifs is 3. The third-order valence-electron chi connectivity index (χ3n) is 4.26. The number of carbonyl (C=O) groups excluding carboxylic acids is 1. The Kier molecular flexibility index (Phi) is 2.50. The molecule has 0 aromatic heterocycles. The van der Waals surface area contributed by atoms with Gasteiger partial charge in [0.25, 0.3) is 5.69 Å². The highest BCUT2D eigenvalue weighted by molar-refractivity contribution is 5.77. The lowest BCUT2D eigenvalue weighted by Gasteiger charge is -2.42. The van der Waals surface area contributed by atoms with Crippen molar-refractivity contribution in [3.8, 4) is 0 Å². The summed E-state index contributed by atoms with van der Waals surface area (Å²) in [7, 11) is 1.77. The van der Waals surface area contributed by atoms with E-state index in [1.807, 2.05) is 0 Å². The number of hydrogen-bond donors (Lipinski definition) is 0. The van der Waals surface area contributed by atoms with Gasteiger partial charge in [0.2, 0.25) is 5.91 Å². The van der Waals surface area contributed by atoms with E-state index in [1.54, 1.807) is 24.1 Å². The molecule has 1 aromatic rings. The summed E-state index contributed by atoms with van der Waals surface area (Å²) >= 11 is 0. The fourth-order valence-corrected chi connectivity index (χ4v) is 3.20. The average Bonchev–Trinajstić information content (AvgIpc) is 2.43. The summed E-state index contributed by atoms with van der Waals surface area (Å²) in [6, 6.07) is 4.91. The highest BCUT2D eigenvalue weighted by atomic mass is 16.6. The van der Waals surface area contributed by atoms with E-state index in [9.17, 15) is 14.9 Å². The van der Waals surface area contributed by atoms with Crippen molar-refractivity contribution in [3.05, 3.63) is 39.4 Å². The van der Waals surface area contributed by atoms with E-state index >= 15 is 0 Å². The number of amides is 1. The van der Waals surface area contributed by atoms with Crippen LogP contribution in [0.1, 0.15) is 37.7 Å². The van der Waals surface area contributed by atoms with Crippen LogP contribution in [-0.2, 0) is 11.2 Å². The Morgan fingerprint density at radius 1 is 1.47 bits per heavy atom. The maximum atomic E-state index is 11.8. The summed E-state index contributed by atoms with van der Waals surface area (Å²) < 4.78 is 8.21. The molecule has 5 heteroatoms. The molecule has 1 aliphatic heterocycles. The highest BCUT2D eigenvalue weighted by Gasteiger charge is 2.38. The number of hydrogen-bond acceptors (Lipinski definition) is 3. The molecule has 0 spiro atoms. The van der Waals surface area contributed by atoms with Crippen molar-refractivity contribution in [2.75, 3.05) is 7.05 Å². The smallest absolute Gasteiger partial charge is 0.269 e. The quantitative estimate of drug-likeness (QED) is 0.575. The number of likely N-dealkylation sites (tertiary alicyclic amines) is 1. The van der Waals surface area contributed by atoms with E-state index in [1.165, 1.54) is 6.07 Å². The molecule has 1 aliphatic carbocycles. The van der Waals surface area contributed by atoms with Crippen molar-refractivity contribution >= 4 is 11.6 Å². The first-order chi connectivity index (χ1) is 9.49. The zero-order chi connectivity index (χ0) is 14.4. The van der Waals surface area contributed by atoms with E-state index < -0.39 is 11.3 Å². The van der Waals surface area contributed by atoms with Gasteiger partial charge in [-0.1, -0.05) is 6.07 Å². The zero-order valence-electron chi connectivity index (χ0n) is 11.7. The molecule has 1 fully saturated rings. The number of carbonyl (C=O) groups is 1. The first kappa shape index (κ1) is 11.0. The van der Waals surface area contributed by atoms with Crippen LogP contribution in [0.15, 0.2) is 18.2 Å². The Hall–Kier alpha value is -1.91. The van der Waals surface area contributed by atoms with Crippen LogP contribution in [0.5, 0.6) is 0 Å². The lowest BCUT2D eigenvalue weighted by atomic mass is 9.74. The zero-order valence-corrected chi connectivity index (χ0v) is 10.7. The maximum Gasteiger partial charge on any atom is 0.269 e. The third-order valence-corrected chi connectivity index (χ3v) is 4.26. The van der Waals surface area contributed by atoms with Crippen LogP contribution in [0.2, 0.25) is 0 Å². The van der Waals surface area contributed by atoms with E-state index in [0.717, 1.165) is 24.0 Å². The number of likely N-dealkylation sites (N-methyl/N-ethyl adjacent to an activating group) is 1. The predicted molar refractivity (Wildman–Crippen MR) is 70.0 cm³/mol. The molecule has 3 atom stereocenters. The molecule has 1 amide bonds. The van der Waals surface area contributed by atoms with Gasteiger partial charge in [-0.2, -0.15) is 0 Å². The SMILES string of the molecule is [2H]C1CC(=O)N(C)C2CCc3ccc([N+](=O)[O-])cc3C12. The summed E-state index contributed by atoms with van der Waals surface area (Å²) in [5.41, 5.74) is 2.03. The van der Waals surface area contributed by atoms with Gasteiger partial charge >= 0.3 is 0 Å². The van der Waals surface area contributed by atoms with Crippen LogP contribution in [-0.4, -0.2) is 28.8 Å². The summed E-state index contributed by atoms with van der Waals surface area (Å²) in [6.07, 6.45) is 1.32. The molecular weight excluding hydrogens is 244 g/mol. The van der Waals surface area contributed by atoms with Crippen LogP contribution in [0.25, 0.3) is 0 Å². The molecule has 19 heavy (non-hydrogen) atoms. The minimum atomic E-state index is -0.509. The number of nitro benzene ring substituents is 1. The minimum Gasteiger partial charge on any atom is -0.342 e. The maximum absolute atomic E-state index is 11.8. The third kappa shape index (κ3) is 1.89. The summed E-state index contributed by atoms with van der Waals surface area (Å²) in [5, 5.41) is 10.9. The number of aryl methyl sites for hydroxylation is 1. The van der Waals surface area contributed by atoms with E-state index in [0.29, 0.717) is 0 Å². The molecule has 100 valence electrons. The van der Waals surface area contributed by atoms with Crippen molar-refractivity contribution in [1.82, 2.24) is 4.90 Å². The van der Waals surface area contributed by atoms with Gasteiger partial charge in [0.05, 0.1) is 4.92 Å². The molecule has 1 heterocycles. The Labute approximate surface area is 112 Å². The number of nitro groups is 1. The number of benzene rings is 1. The van der Waals surface area contributed by atoms with Gasteiger partial charge < -0.3 is 4.90 Å². The lowest BCUT2D eigenvalue weighted by molar-refractivity contribution is -0.385. The van der Waals surface area contributed by atoms with Crippen LogP contribution >= 0.6 is 0 Å². The molecule has 1 aromatic carbocycles. The molecule has 2 aliphatic rings. The van der Waals surface area contributed by atoms with Gasteiger partial charge in [-0.05, 0) is 30.4 Å². The summed E-state index contributed by atoms with van der Waals surface area (Å²) in [6.45, 7) is 0. The molecule has 0 radical (unpaired) electrons. The summed E-state index contributed by atoms with van der Waals surface area (Å²) in [5.74, 6) is -0.110. The lowest BCUT2D eigenvalue weighted by Crippen LogP contribution is -2.47. The van der Waals surface area contributed by atoms with Crippen LogP contribution in [0, 0.1) is 10.1 Å². The molecule has 5 nitrogen and oxygen atoms in total. The molecule has 3 rings (SSSR count). The van der Waals surface area contributed by atoms with Crippen molar-refractivity contribution in [2.24, 2.45) is 0 Å². The molecular formula is C14H16N2O3. The second kappa shape index (κ2) is 4.33.